The molecule has 4 heterocycles. The Labute approximate surface area is 249 Å². The number of carbonyl (C=O) groups excluding carboxylic acids is 2. The first-order valence-electron chi connectivity index (χ1n) is 14.5. The lowest BCUT2D eigenvalue weighted by Crippen LogP contribution is -2.43. The molecule has 1 unspecified atom stereocenters. The van der Waals surface area contributed by atoms with Gasteiger partial charge in [-0.05, 0) is 97.8 Å². The van der Waals surface area contributed by atoms with Crippen molar-refractivity contribution in [3.63, 3.8) is 0 Å². The Morgan fingerprint density at radius 2 is 1.77 bits per heavy atom. The van der Waals surface area contributed by atoms with Crippen molar-refractivity contribution in [1.29, 1.82) is 0 Å². The summed E-state index contributed by atoms with van der Waals surface area (Å²) in [6.45, 7) is 4.33. The topological polar surface area (TPSA) is 111 Å². The standard InChI is InChI=1S/C34H33N3O6/c1-21-16-32(40)37(35-22(21)2)20-33(41)36-14-13-23-17-26-9-11-28(23)34(36)24-6-5-7-25(18-24)42-15-4-3-8-30(38)29-19-27(43-26)10-12-31(29)39/h5-7,9-12,16-19,34,39H,3-4,8,13-15,20H2,1-2H3. The van der Waals surface area contributed by atoms with Crippen LogP contribution < -0.4 is 15.0 Å². The van der Waals surface area contributed by atoms with E-state index in [0.29, 0.717) is 55.4 Å². The second-order valence-corrected chi connectivity index (χ2v) is 11.1. The van der Waals surface area contributed by atoms with Gasteiger partial charge in [0.05, 0.1) is 23.9 Å². The van der Waals surface area contributed by atoms with Crippen LogP contribution >= 0.6 is 0 Å². The minimum absolute atomic E-state index is 0.0730. The molecule has 43 heavy (non-hydrogen) atoms. The number of ether oxygens (including phenoxy) is 2. The third-order valence-corrected chi connectivity index (χ3v) is 8.13. The van der Waals surface area contributed by atoms with Crippen LogP contribution in [0.25, 0.3) is 0 Å². The lowest BCUT2D eigenvalue weighted by molar-refractivity contribution is -0.134. The number of hydrogen-bond donors (Lipinski definition) is 1. The lowest BCUT2D eigenvalue weighted by atomic mass is 9.87. The van der Waals surface area contributed by atoms with Crippen LogP contribution in [0.1, 0.15) is 63.6 Å². The van der Waals surface area contributed by atoms with Gasteiger partial charge in [-0.25, -0.2) is 4.68 Å². The highest BCUT2D eigenvalue weighted by molar-refractivity contribution is 5.98. The summed E-state index contributed by atoms with van der Waals surface area (Å²) >= 11 is 0. The summed E-state index contributed by atoms with van der Waals surface area (Å²) in [5, 5.41) is 14.7. The van der Waals surface area contributed by atoms with Crippen molar-refractivity contribution in [1.82, 2.24) is 14.7 Å². The van der Waals surface area contributed by atoms with Crippen LogP contribution in [0.4, 0.5) is 0 Å². The Hall–Kier alpha value is -4.92. The van der Waals surface area contributed by atoms with E-state index in [9.17, 15) is 19.5 Å². The molecule has 0 saturated heterocycles. The average Bonchev–Trinajstić information content (AvgIpc) is 2.99. The van der Waals surface area contributed by atoms with E-state index in [2.05, 4.69) is 5.10 Å². The maximum atomic E-state index is 13.8. The number of fused-ring (bicyclic) bond motifs is 6. The molecule has 0 spiro atoms. The zero-order valence-electron chi connectivity index (χ0n) is 24.2. The summed E-state index contributed by atoms with van der Waals surface area (Å²) in [7, 11) is 0. The fourth-order valence-electron chi connectivity index (χ4n) is 5.73. The smallest absolute Gasteiger partial charge is 0.267 e. The molecule has 1 amide bonds. The Morgan fingerprint density at radius 3 is 2.63 bits per heavy atom. The minimum atomic E-state index is -0.409. The molecule has 9 heteroatoms. The number of rotatable bonds is 2. The number of Topliss-reactive ketones (excluding diaryl/α,β-unsaturated/α-hetero) is 1. The summed E-state index contributed by atoms with van der Waals surface area (Å²) in [6, 6.07) is 19.2. The van der Waals surface area contributed by atoms with Gasteiger partial charge in [0.1, 0.15) is 29.5 Å². The quantitative estimate of drug-likeness (QED) is 0.344. The molecule has 220 valence electrons. The normalized spacial score (nSPS) is 16.6. The highest BCUT2D eigenvalue weighted by atomic mass is 16.5. The van der Waals surface area contributed by atoms with Gasteiger partial charge >= 0.3 is 0 Å². The van der Waals surface area contributed by atoms with E-state index in [0.717, 1.165) is 22.3 Å². The zero-order valence-corrected chi connectivity index (χ0v) is 24.2. The largest absolute Gasteiger partial charge is 0.507 e. The lowest BCUT2D eigenvalue weighted by Gasteiger charge is -2.38. The number of aromatic nitrogens is 2. The molecular formula is C34H33N3O6. The highest BCUT2D eigenvalue weighted by Crippen LogP contribution is 2.39. The first-order chi connectivity index (χ1) is 20.8. The molecule has 0 fully saturated rings. The summed E-state index contributed by atoms with van der Waals surface area (Å²) in [5.41, 5.74) is 4.28. The minimum Gasteiger partial charge on any atom is -0.507 e. The second kappa shape index (κ2) is 11.8. The van der Waals surface area contributed by atoms with Crippen LogP contribution in [0.2, 0.25) is 0 Å². The number of phenols is 1. The van der Waals surface area contributed by atoms with Crippen molar-refractivity contribution in [2.24, 2.45) is 0 Å². The number of aromatic hydroxyl groups is 1. The fourth-order valence-corrected chi connectivity index (χ4v) is 5.73. The van der Waals surface area contributed by atoms with Gasteiger partial charge in [-0.15, -0.1) is 0 Å². The van der Waals surface area contributed by atoms with Crippen LogP contribution in [-0.4, -0.2) is 44.6 Å². The number of hydrogen-bond acceptors (Lipinski definition) is 7. The Balaban J connectivity index is 1.40. The van der Waals surface area contributed by atoms with Gasteiger partial charge in [-0.3, -0.25) is 14.4 Å². The van der Waals surface area contributed by atoms with Crippen LogP contribution in [-0.2, 0) is 17.8 Å². The van der Waals surface area contributed by atoms with E-state index in [-0.39, 0.29) is 41.5 Å². The molecule has 1 aromatic heterocycles. The van der Waals surface area contributed by atoms with Gasteiger partial charge in [-0.1, -0.05) is 18.2 Å². The number of ketones is 1. The predicted molar refractivity (Wildman–Crippen MR) is 160 cm³/mol. The van der Waals surface area contributed by atoms with E-state index in [1.807, 2.05) is 61.2 Å². The molecule has 4 aromatic rings. The van der Waals surface area contributed by atoms with E-state index in [4.69, 9.17) is 9.47 Å². The first kappa shape index (κ1) is 28.2. The van der Waals surface area contributed by atoms with E-state index < -0.39 is 6.04 Å². The number of aryl methyl sites for hydroxylation is 2. The third-order valence-electron chi connectivity index (χ3n) is 8.13. The van der Waals surface area contributed by atoms with Crippen molar-refractivity contribution in [2.45, 2.75) is 52.1 Å². The van der Waals surface area contributed by atoms with Crippen molar-refractivity contribution in [3.8, 4) is 23.0 Å². The summed E-state index contributed by atoms with van der Waals surface area (Å²) in [4.78, 5) is 41.1. The SMILES string of the molecule is Cc1cc(=O)n(CC(=O)N2CCc3cc4ccc3C2c2cccc(c2)OCCCCC(=O)c2cc(ccc2O)O4)nc1C. The molecule has 3 aliphatic rings. The van der Waals surface area contributed by atoms with Crippen LogP contribution in [0, 0.1) is 13.8 Å². The van der Waals surface area contributed by atoms with E-state index in [1.54, 1.807) is 12.1 Å². The van der Waals surface area contributed by atoms with Crippen molar-refractivity contribution in [3.05, 3.63) is 111 Å². The molecule has 9 nitrogen and oxygen atoms in total. The van der Waals surface area contributed by atoms with Gasteiger partial charge in [0.15, 0.2) is 5.78 Å². The molecule has 3 aromatic carbocycles. The molecule has 8 bridgehead atoms. The molecule has 1 atom stereocenters. The van der Waals surface area contributed by atoms with Gasteiger partial charge in [0, 0.05) is 19.0 Å². The number of nitrogens with zero attached hydrogens (tertiary/aromatic N) is 3. The van der Waals surface area contributed by atoms with Gasteiger partial charge in [-0.2, -0.15) is 5.10 Å². The molecule has 0 saturated carbocycles. The Kier molecular flexibility index (Phi) is 7.71. The van der Waals surface area contributed by atoms with Crippen LogP contribution in [0.5, 0.6) is 23.0 Å². The number of phenolic OH excluding ortho intramolecular Hbond substituents is 1. The molecule has 1 N–H and O–H groups in total. The van der Waals surface area contributed by atoms with E-state index in [1.165, 1.54) is 16.8 Å². The first-order valence-corrected chi connectivity index (χ1v) is 14.5. The van der Waals surface area contributed by atoms with Crippen molar-refractivity contribution < 1.29 is 24.2 Å². The van der Waals surface area contributed by atoms with Crippen LogP contribution in [0.15, 0.2) is 71.5 Å². The van der Waals surface area contributed by atoms with Crippen molar-refractivity contribution >= 4 is 11.7 Å². The number of carbonyl (C=O) groups is 2. The molecule has 7 rings (SSSR count). The van der Waals surface area contributed by atoms with Gasteiger partial charge in [0.25, 0.3) is 5.56 Å². The number of amides is 1. The Morgan fingerprint density at radius 1 is 0.953 bits per heavy atom. The van der Waals surface area contributed by atoms with Crippen molar-refractivity contribution in [2.75, 3.05) is 13.2 Å². The predicted octanol–water partition coefficient (Wildman–Crippen LogP) is 5.28. The molecule has 3 aliphatic heterocycles. The molecular weight excluding hydrogens is 546 g/mol. The maximum Gasteiger partial charge on any atom is 0.267 e. The van der Waals surface area contributed by atoms with Crippen LogP contribution in [0.3, 0.4) is 0 Å². The molecule has 0 aliphatic carbocycles. The zero-order chi connectivity index (χ0) is 30.1. The van der Waals surface area contributed by atoms with Gasteiger partial charge < -0.3 is 19.5 Å². The fraction of sp³-hybridized carbons (Fsp3) is 0.294. The number of benzene rings is 3. The van der Waals surface area contributed by atoms with E-state index >= 15 is 0 Å². The summed E-state index contributed by atoms with van der Waals surface area (Å²) in [6.07, 6.45) is 2.12. The summed E-state index contributed by atoms with van der Waals surface area (Å²) < 4.78 is 13.4. The maximum absolute atomic E-state index is 13.8. The summed E-state index contributed by atoms with van der Waals surface area (Å²) in [5.74, 6) is 1.28. The average molecular weight is 580 g/mol. The molecule has 0 radical (unpaired) electrons. The monoisotopic (exact) mass is 579 g/mol. The highest BCUT2D eigenvalue weighted by Gasteiger charge is 2.33. The third kappa shape index (κ3) is 5.88. The second-order valence-electron chi connectivity index (χ2n) is 11.1. The Bertz CT molecular complexity index is 1780. The van der Waals surface area contributed by atoms with Gasteiger partial charge in [0.2, 0.25) is 5.91 Å².